The molecule has 1 aromatic carbocycles. The first-order valence-electron chi connectivity index (χ1n) is 5.82. The molecule has 2 heteroatoms. The third-order valence-electron chi connectivity index (χ3n) is 2.85. The molecule has 0 bridgehead atoms. The minimum Gasteiger partial charge on any atom is -0.373 e. The van der Waals surface area contributed by atoms with Crippen LogP contribution in [0, 0.1) is 6.92 Å². The fraction of sp³-hybridized carbons (Fsp3) is 0.357. The van der Waals surface area contributed by atoms with Gasteiger partial charge in [0.1, 0.15) is 5.82 Å². The van der Waals surface area contributed by atoms with E-state index in [0.29, 0.717) is 0 Å². The van der Waals surface area contributed by atoms with Gasteiger partial charge in [-0.3, -0.25) is 0 Å². The van der Waals surface area contributed by atoms with Gasteiger partial charge >= 0.3 is 0 Å². The molecular weight excluding hydrogens is 196 g/mol. The minimum atomic E-state index is 0.968. The van der Waals surface area contributed by atoms with Crippen molar-refractivity contribution in [2.24, 2.45) is 0 Å². The van der Waals surface area contributed by atoms with E-state index < -0.39 is 0 Å². The van der Waals surface area contributed by atoms with Crippen LogP contribution >= 0.6 is 0 Å². The van der Waals surface area contributed by atoms with E-state index in [9.17, 15) is 0 Å². The summed E-state index contributed by atoms with van der Waals surface area (Å²) in [7, 11) is 1.91. The van der Waals surface area contributed by atoms with Crippen LogP contribution in [0.5, 0.6) is 0 Å². The van der Waals surface area contributed by atoms with Crippen LogP contribution in [0.2, 0.25) is 0 Å². The van der Waals surface area contributed by atoms with Crippen molar-refractivity contribution in [3.8, 4) is 0 Å². The summed E-state index contributed by atoms with van der Waals surface area (Å²) >= 11 is 0. The predicted molar refractivity (Wildman–Crippen MR) is 70.0 cm³/mol. The Labute approximate surface area is 96.7 Å². The number of benzene rings is 1. The summed E-state index contributed by atoms with van der Waals surface area (Å²) in [4.78, 5) is 4.58. The number of nitrogens with one attached hydrogen (secondary N) is 1. The molecule has 0 saturated carbocycles. The third-order valence-corrected chi connectivity index (χ3v) is 2.85. The molecule has 84 valence electrons. The normalized spacial score (nSPS) is 10.7. The molecule has 0 aliphatic rings. The lowest BCUT2D eigenvalue weighted by Crippen LogP contribution is -1.96. The maximum Gasteiger partial charge on any atom is 0.129 e. The van der Waals surface area contributed by atoms with Gasteiger partial charge < -0.3 is 5.32 Å². The van der Waals surface area contributed by atoms with Crippen molar-refractivity contribution < 1.29 is 0 Å². The molecule has 0 aliphatic carbocycles. The second-order valence-corrected chi connectivity index (χ2v) is 4.18. The van der Waals surface area contributed by atoms with Crippen LogP contribution in [-0.4, -0.2) is 12.0 Å². The fourth-order valence-corrected chi connectivity index (χ4v) is 2.03. The Balaban J connectivity index is 2.53. The molecule has 1 aromatic heterocycles. The number of aryl methyl sites for hydroxylation is 2. The highest BCUT2D eigenvalue weighted by atomic mass is 15.0. The average molecular weight is 214 g/mol. The molecule has 2 nitrogen and oxygen atoms in total. The van der Waals surface area contributed by atoms with Crippen molar-refractivity contribution in [1.29, 1.82) is 0 Å². The quantitative estimate of drug-likeness (QED) is 0.845. The van der Waals surface area contributed by atoms with E-state index in [1.807, 2.05) is 7.05 Å². The van der Waals surface area contributed by atoms with Gasteiger partial charge in [-0.2, -0.15) is 0 Å². The number of hydrogen-bond acceptors (Lipinski definition) is 2. The molecule has 1 heterocycles. The second-order valence-electron chi connectivity index (χ2n) is 4.18. The summed E-state index contributed by atoms with van der Waals surface area (Å²) < 4.78 is 0. The van der Waals surface area contributed by atoms with E-state index in [0.717, 1.165) is 17.8 Å². The number of pyridine rings is 1. The van der Waals surface area contributed by atoms with E-state index in [1.54, 1.807) is 0 Å². The zero-order chi connectivity index (χ0) is 11.5. The van der Waals surface area contributed by atoms with Gasteiger partial charge in [-0.15, -0.1) is 0 Å². The van der Waals surface area contributed by atoms with Gasteiger partial charge in [0.2, 0.25) is 0 Å². The highest BCUT2D eigenvalue weighted by Gasteiger charge is 2.02. The Bertz CT molecular complexity index is 503. The minimum absolute atomic E-state index is 0.968. The molecule has 1 N–H and O–H groups in total. The topological polar surface area (TPSA) is 24.9 Å². The summed E-state index contributed by atoms with van der Waals surface area (Å²) in [5, 5.41) is 4.35. The number of hydrogen-bond donors (Lipinski definition) is 1. The Morgan fingerprint density at radius 2 is 2.06 bits per heavy atom. The number of fused-ring (bicyclic) bond motifs is 1. The predicted octanol–water partition coefficient (Wildman–Crippen LogP) is 3.54. The first-order chi connectivity index (χ1) is 7.74. The maximum absolute atomic E-state index is 4.58. The Kier molecular flexibility index (Phi) is 3.09. The van der Waals surface area contributed by atoms with Gasteiger partial charge in [-0.1, -0.05) is 19.4 Å². The summed E-state index contributed by atoms with van der Waals surface area (Å²) in [5.74, 6) is 0.968. The molecule has 0 amide bonds. The highest BCUT2D eigenvalue weighted by molar-refractivity contribution is 5.82. The standard InChI is InChI=1S/C14H18N2/c1-4-5-11-6-7-13-12(9-11)8-10(2)14(15-3)16-13/h6-9H,4-5H2,1-3H3,(H,15,16). The van der Waals surface area contributed by atoms with Crippen LogP contribution in [0.1, 0.15) is 24.5 Å². The molecule has 0 atom stereocenters. The van der Waals surface area contributed by atoms with Gasteiger partial charge in [0.05, 0.1) is 5.52 Å². The largest absolute Gasteiger partial charge is 0.373 e. The van der Waals surface area contributed by atoms with Gasteiger partial charge in [0.15, 0.2) is 0 Å². The van der Waals surface area contributed by atoms with Gasteiger partial charge in [0.25, 0.3) is 0 Å². The number of aromatic nitrogens is 1. The number of anilines is 1. The molecule has 2 aromatic rings. The summed E-state index contributed by atoms with van der Waals surface area (Å²) in [6.07, 6.45) is 2.33. The van der Waals surface area contributed by atoms with E-state index in [-0.39, 0.29) is 0 Å². The SMILES string of the molecule is CCCc1ccc2nc(NC)c(C)cc2c1. The summed E-state index contributed by atoms with van der Waals surface area (Å²) in [5.41, 5.74) is 3.66. The molecule has 0 saturated heterocycles. The second kappa shape index (κ2) is 4.52. The zero-order valence-corrected chi connectivity index (χ0v) is 10.2. The van der Waals surface area contributed by atoms with Crippen molar-refractivity contribution in [1.82, 2.24) is 4.98 Å². The lowest BCUT2D eigenvalue weighted by atomic mass is 10.1. The molecule has 16 heavy (non-hydrogen) atoms. The van der Waals surface area contributed by atoms with Crippen molar-refractivity contribution in [2.75, 3.05) is 12.4 Å². The third kappa shape index (κ3) is 2.01. The van der Waals surface area contributed by atoms with Crippen LogP contribution in [0.15, 0.2) is 24.3 Å². The van der Waals surface area contributed by atoms with Crippen LogP contribution in [0.25, 0.3) is 10.9 Å². The zero-order valence-electron chi connectivity index (χ0n) is 10.2. The highest BCUT2D eigenvalue weighted by Crippen LogP contribution is 2.21. The summed E-state index contributed by atoms with van der Waals surface area (Å²) in [6.45, 7) is 4.29. The number of nitrogens with zero attached hydrogens (tertiary/aromatic N) is 1. The molecule has 2 rings (SSSR count). The Hall–Kier alpha value is -1.57. The maximum atomic E-state index is 4.58. The molecule has 0 aliphatic heterocycles. The lowest BCUT2D eigenvalue weighted by Gasteiger charge is -2.07. The monoisotopic (exact) mass is 214 g/mol. The van der Waals surface area contributed by atoms with Crippen LogP contribution < -0.4 is 5.32 Å². The van der Waals surface area contributed by atoms with Gasteiger partial charge in [-0.25, -0.2) is 4.98 Å². The first kappa shape index (κ1) is 10.9. The van der Waals surface area contributed by atoms with E-state index in [1.165, 1.54) is 22.9 Å². The molecular formula is C14H18N2. The molecule has 0 spiro atoms. The van der Waals surface area contributed by atoms with Gasteiger partial charge in [-0.05, 0) is 42.7 Å². The van der Waals surface area contributed by atoms with Gasteiger partial charge in [0, 0.05) is 12.4 Å². The average Bonchev–Trinajstić information content (AvgIpc) is 2.28. The molecule has 0 unspecified atom stereocenters. The van der Waals surface area contributed by atoms with Crippen LogP contribution in [-0.2, 0) is 6.42 Å². The molecule has 0 radical (unpaired) electrons. The van der Waals surface area contributed by atoms with E-state index in [4.69, 9.17) is 0 Å². The van der Waals surface area contributed by atoms with Crippen molar-refractivity contribution >= 4 is 16.7 Å². The first-order valence-corrected chi connectivity index (χ1v) is 5.82. The van der Waals surface area contributed by atoms with Crippen molar-refractivity contribution in [3.63, 3.8) is 0 Å². The van der Waals surface area contributed by atoms with Crippen LogP contribution in [0.4, 0.5) is 5.82 Å². The van der Waals surface area contributed by atoms with Crippen molar-refractivity contribution in [3.05, 3.63) is 35.4 Å². The molecule has 0 fully saturated rings. The lowest BCUT2D eigenvalue weighted by molar-refractivity contribution is 0.923. The number of rotatable bonds is 3. The van der Waals surface area contributed by atoms with E-state index >= 15 is 0 Å². The Morgan fingerprint density at radius 1 is 1.25 bits per heavy atom. The smallest absolute Gasteiger partial charge is 0.129 e. The Morgan fingerprint density at radius 3 is 2.75 bits per heavy atom. The van der Waals surface area contributed by atoms with E-state index in [2.05, 4.69) is 48.4 Å². The summed E-state index contributed by atoms with van der Waals surface area (Å²) in [6, 6.07) is 8.74. The van der Waals surface area contributed by atoms with Crippen LogP contribution in [0.3, 0.4) is 0 Å². The van der Waals surface area contributed by atoms with Crippen molar-refractivity contribution in [2.45, 2.75) is 26.7 Å². The fourth-order valence-electron chi connectivity index (χ4n) is 2.03.